The van der Waals surface area contributed by atoms with Gasteiger partial charge in [0.15, 0.2) is 12.2 Å². The molecule has 0 saturated heterocycles. The van der Waals surface area contributed by atoms with Crippen LogP contribution in [0.3, 0.4) is 0 Å². The lowest BCUT2D eigenvalue weighted by Crippen LogP contribution is -2.30. The van der Waals surface area contributed by atoms with Crippen molar-refractivity contribution < 1.29 is 80.2 Å². The molecule has 0 aliphatic rings. The molecule has 0 amide bonds. The summed E-state index contributed by atoms with van der Waals surface area (Å²) in [6.07, 6.45) is 44.8. The molecule has 0 aliphatic heterocycles. The van der Waals surface area contributed by atoms with Gasteiger partial charge in [-0.15, -0.1) is 0 Å². The molecule has 0 aromatic heterocycles. The van der Waals surface area contributed by atoms with E-state index < -0.39 is 97.5 Å². The van der Waals surface area contributed by atoms with Crippen LogP contribution >= 0.6 is 15.6 Å². The third-order valence-electron chi connectivity index (χ3n) is 15.7. The Bertz CT molecular complexity index is 1700. The lowest BCUT2D eigenvalue weighted by Gasteiger charge is -2.21. The molecule has 2 unspecified atom stereocenters. The molecule has 0 bridgehead atoms. The highest BCUT2D eigenvalue weighted by molar-refractivity contribution is 7.47. The summed E-state index contributed by atoms with van der Waals surface area (Å²) < 4.78 is 68.0. The normalized spacial score (nSPS) is 14.2. The standard InChI is InChI=1S/C68H132O17P2/c1-7-9-11-13-14-15-16-19-23-28-33-39-45-51-66(71)79-57-64(85-67(72)52-46-40-34-29-24-21-18-17-20-22-26-31-37-42-48-60(3)4)59-83-87(76,77)81-55-62(69)54-80-86(74,75)82-58-63(56-78-65(70)50-44-36-12-10-8-2)84-68(73)53-47-41-35-30-25-27-32-38-43-49-61(5)6/h60-64,69H,7-59H2,1-6H3,(H,74,75)(H,76,77)/t62-,63+,64+/m0/s1. The number of hydrogen-bond acceptors (Lipinski definition) is 15. The summed E-state index contributed by atoms with van der Waals surface area (Å²) in [6.45, 7) is 9.44. The average molecular weight is 1280 g/mol. The van der Waals surface area contributed by atoms with Crippen molar-refractivity contribution in [1.29, 1.82) is 0 Å². The number of rotatable bonds is 67. The summed E-state index contributed by atoms with van der Waals surface area (Å²) in [7, 11) is -9.89. The number of aliphatic hydroxyl groups excluding tert-OH is 1. The highest BCUT2D eigenvalue weighted by atomic mass is 31.2. The molecular weight excluding hydrogens is 1150 g/mol. The molecule has 0 radical (unpaired) electrons. The first-order valence-electron chi connectivity index (χ1n) is 35.5. The van der Waals surface area contributed by atoms with Crippen molar-refractivity contribution >= 4 is 39.5 Å². The van der Waals surface area contributed by atoms with Crippen molar-refractivity contribution in [3.05, 3.63) is 0 Å². The summed E-state index contributed by atoms with van der Waals surface area (Å²) in [5, 5.41) is 10.5. The van der Waals surface area contributed by atoms with Gasteiger partial charge in [-0.3, -0.25) is 37.3 Å². The van der Waals surface area contributed by atoms with Gasteiger partial charge in [-0.25, -0.2) is 9.13 Å². The van der Waals surface area contributed by atoms with E-state index in [2.05, 4.69) is 41.5 Å². The maximum absolute atomic E-state index is 13.0. The number of carbonyl (C=O) groups excluding carboxylic acids is 4. The number of hydrogen-bond donors (Lipinski definition) is 3. The molecule has 87 heavy (non-hydrogen) atoms. The SMILES string of the molecule is CCCCCCCCCCCCCCCC(=O)OC[C@H](COP(=O)(O)OC[C@@H](O)COP(=O)(O)OC[C@@H](COC(=O)CCCCCCC)OC(=O)CCCCCCCCCCCC(C)C)OC(=O)CCCCCCCCCCCCCCCCC(C)C. The molecule has 3 N–H and O–H groups in total. The van der Waals surface area contributed by atoms with Gasteiger partial charge in [0.2, 0.25) is 0 Å². The zero-order valence-electron chi connectivity index (χ0n) is 56.3. The van der Waals surface area contributed by atoms with Gasteiger partial charge in [0, 0.05) is 25.7 Å². The topological polar surface area (TPSA) is 237 Å². The first kappa shape index (κ1) is 85.1. The second-order valence-corrected chi connectivity index (χ2v) is 28.4. The fourth-order valence-electron chi connectivity index (χ4n) is 10.2. The number of aliphatic hydroxyl groups is 1. The minimum Gasteiger partial charge on any atom is -0.462 e. The summed E-state index contributed by atoms with van der Waals surface area (Å²) in [5.74, 6) is -0.605. The summed E-state index contributed by atoms with van der Waals surface area (Å²) >= 11 is 0. The van der Waals surface area contributed by atoms with Gasteiger partial charge in [0.25, 0.3) is 0 Å². The Morgan fingerprint density at radius 3 is 0.782 bits per heavy atom. The van der Waals surface area contributed by atoms with Crippen molar-refractivity contribution in [2.24, 2.45) is 11.8 Å². The number of carbonyl (C=O) groups is 4. The van der Waals surface area contributed by atoms with Crippen LogP contribution in [-0.2, 0) is 65.4 Å². The molecule has 0 spiro atoms. The molecule has 19 heteroatoms. The van der Waals surface area contributed by atoms with E-state index in [9.17, 15) is 43.2 Å². The van der Waals surface area contributed by atoms with E-state index in [0.717, 1.165) is 108 Å². The largest absolute Gasteiger partial charge is 0.472 e. The van der Waals surface area contributed by atoms with E-state index in [-0.39, 0.29) is 25.7 Å². The number of phosphoric ester groups is 2. The molecule has 0 rings (SSSR count). The highest BCUT2D eigenvalue weighted by Gasteiger charge is 2.30. The zero-order chi connectivity index (χ0) is 64.3. The van der Waals surface area contributed by atoms with E-state index in [1.54, 1.807) is 0 Å². The third kappa shape index (κ3) is 62.6. The van der Waals surface area contributed by atoms with Crippen LogP contribution in [0.25, 0.3) is 0 Å². The molecule has 516 valence electrons. The lowest BCUT2D eigenvalue weighted by molar-refractivity contribution is -0.161. The number of phosphoric acid groups is 2. The van der Waals surface area contributed by atoms with Gasteiger partial charge in [0.05, 0.1) is 26.4 Å². The Labute approximate surface area is 530 Å². The molecular formula is C68H132O17P2. The molecule has 17 nitrogen and oxygen atoms in total. The summed E-state index contributed by atoms with van der Waals surface area (Å²) in [5.41, 5.74) is 0. The van der Waals surface area contributed by atoms with E-state index in [0.29, 0.717) is 25.7 Å². The maximum atomic E-state index is 13.0. The minimum atomic E-state index is -4.95. The van der Waals surface area contributed by atoms with Crippen LogP contribution in [0.5, 0.6) is 0 Å². The van der Waals surface area contributed by atoms with Crippen molar-refractivity contribution in [2.45, 2.75) is 362 Å². The van der Waals surface area contributed by atoms with Gasteiger partial charge in [-0.2, -0.15) is 0 Å². The lowest BCUT2D eigenvalue weighted by atomic mass is 10.0. The number of ether oxygens (including phenoxy) is 4. The van der Waals surface area contributed by atoms with Gasteiger partial charge in [-0.05, 0) is 37.5 Å². The van der Waals surface area contributed by atoms with Crippen molar-refractivity contribution in [3.8, 4) is 0 Å². The first-order chi connectivity index (χ1) is 41.9. The Morgan fingerprint density at radius 2 is 0.529 bits per heavy atom. The highest BCUT2D eigenvalue weighted by Crippen LogP contribution is 2.45. The number of unbranched alkanes of at least 4 members (excludes halogenated alkanes) is 37. The van der Waals surface area contributed by atoms with Crippen molar-refractivity contribution in [2.75, 3.05) is 39.6 Å². The van der Waals surface area contributed by atoms with Gasteiger partial charge in [-0.1, -0.05) is 292 Å². The van der Waals surface area contributed by atoms with Crippen LogP contribution in [0.4, 0.5) is 0 Å². The monoisotopic (exact) mass is 1280 g/mol. The third-order valence-corrected chi connectivity index (χ3v) is 17.6. The Balaban J connectivity index is 5.16. The Kier molecular flexibility index (Phi) is 59.0. The summed E-state index contributed by atoms with van der Waals surface area (Å²) in [4.78, 5) is 72.2. The molecule has 5 atom stereocenters. The zero-order valence-corrected chi connectivity index (χ0v) is 58.1. The number of esters is 4. The predicted molar refractivity (Wildman–Crippen MR) is 349 cm³/mol. The van der Waals surface area contributed by atoms with Gasteiger partial charge < -0.3 is 33.8 Å². The Morgan fingerprint density at radius 1 is 0.310 bits per heavy atom. The van der Waals surface area contributed by atoms with E-state index in [4.69, 9.17) is 37.0 Å². The van der Waals surface area contributed by atoms with Crippen LogP contribution in [0.2, 0.25) is 0 Å². The fraction of sp³-hybridized carbons (Fsp3) is 0.941. The second-order valence-electron chi connectivity index (χ2n) is 25.5. The molecule has 0 fully saturated rings. The van der Waals surface area contributed by atoms with Crippen molar-refractivity contribution in [3.63, 3.8) is 0 Å². The maximum Gasteiger partial charge on any atom is 0.472 e. The van der Waals surface area contributed by atoms with E-state index in [1.165, 1.54) is 154 Å². The van der Waals surface area contributed by atoms with Crippen LogP contribution in [-0.4, -0.2) is 96.7 Å². The molecule has 0 saturated carbocycles. The summed E-state index contributed by atoms with van der Waals surface area (Å²) in [6, 6.07) is 0. The van der Waals surface area contributed by atoms with E-state index in [1.807, 2.05) is 0 Å². The quantitative estimate of drug-likeness (QED) is 0.0222. The molecule has 0 aromatic carbocycles. The van der Waals surface area contributed by atoms with Crippen LogP contribution < -0.4 is 0 Å². The van der Waals surface area contributed by atoms with Gasteiger partial charge in [0.1, 0.15) is 19.3 Å². The van der Waals surface area contributed by atoms with Crippen molar-refractivity contribution in [1.82, 2.24) is 0 Å². The first-order valence-corrected chi connectivity index (χ1v) is 38.5. The van der Waals surface area contributed by atoms with Crippen LogP contribution in [0.1, 0.15) is 343 Å². The molecule has 0 heterocycles. The van der Waals surface area contributed by atoms with Gasteiger partial charge >= 0.3 is 39.5 Å². The predicted octanol–water partition coefficient (Wildman–Crippen LogP) is 19.2. The Hall–Kier alpha value is -1.94. The average Bonchev–Trinajstić information content (AvgIpc) is 3.70. The molecule has 0 aromatic rings. The van der Waals surface area contributed by atoms with E-state index >= 15 is 0 Å². The van der Waals surface area contributed by atoms with Crippen LogP contribution in [0, 0.1) is 11.8 Å². The molecule has 0 aliphatic carbocycles. The smallest absolute Gasteiger partial charge is 0.462 e. The van der Waals surface area contributed by atoms with Crippen LogP contribution in [0.15, 0.2) is 0 Å². The fourth-order valence-corrected chi connectivity index (χ4v) is 11.8. The minimum absolute atomic E-state index is 0.104. The second kappa shape index (κ2) is 60.3.